The highest BCUT2D eigenvalue weighted by molar-refractivity contribution is 7.18. The van der Waals surface area contributed by atoms with Crippen molar-refractivity contribution in [3.63, 3.8) is 0 Å². The lowest BCUT2D eigenvalue weighted by molar-refractivity contribution is 0.718. The van der Waals surface area contributed by atoms with Crippen LogP contribution in [0.15, 0.2) is 52.1 Å². The summed E-state index contributed by atoms with van der Waals surface area (Å²) >= 11 is 13.5. The van der Waals surface area contributed by atoms with E-state index >= 15 is 0 Å². The van der Waals surface area contributed by atoms with Gasteiger partial charge in [0.05, 0.1) is 39.3 Å². The maximum absolute atomic E-state index is 13.5. The van der Waals surface area contributed by atoms with Crippen LogP contribution in [0, 0.1) is 25.2 Å². The molecule has 0 fully saturated rings. The second-order valence-corrected chi connectivity index (χ2v) is 8.86. The molecular weight excluding hydrogens is 441 g/mol. The monoisotopic (exact) mass is 455 g/mol. The first-order valence-corrected chi connectivity index (χ1v) is 10.6. The Morgan fingerprint density at radius 1 is 1.07 bits per heavy atom. The summed E-state index contributed by atoms with van der Waals surface area (Å²) in [6.07, 6.45) is 0. The zero-order chi connectivity index (χ0) is 21.6. The highest BCUT2D eigenvalue weighted by atomic mass is 35.5. The molecule has 0 aliphatic heterocycles. The molecule has 0 bridgehead atoms. The predicted molar refractivity (Wildman–Crippen MR) is 121 cm³/mol. The number of fused-ring (bicyclic) bond motifs is 1. The summed E-state index contributed by atoms with van der Waals surface area (Å²) in [6.45, 7) is 3.95. The van der Waals surface area contributed by atoms with Crippen molar-refractivity contribution in [1.29, 1.82) is 5.26 Å². The number of hydrogen-bond donors (Lipinski definition) is 0. The Hall–Kier alpha value is -2.85. The molecule has 0 unspecified atom stereocenters. The van der Waals surface area contributed by atoms with Gasteiger partial charge in [-0.25, -0.2) is 9.36 Å². The highest BCUT2D eigenvalue weighted by Gasteiger charge is 2.20. The molecule has 0 radical (unpaired) electrons. The number of aryl methyl sites for hydroxylation is 2. The lowest BCUT2D eigenvalue weighted by Crippen LogP contribution is -2.39. The molecule has 4 rings (SSSR count). The molecule has 150 valence electrons. The third kappa shape index (κ3) is 3.25. The molecule has 0 atom stereocenters. The van der Waals surface area contributed by atoms with Crippen molar-refractivity contribution in [2.24, 2.45) is 0 Å². The maximum Gasteiger partial charge on any atom is 0.337 e. The molecule has 4 aromatic rings. The number of nitriles is 1. The largest absolute Gasteiger partial charge is 0.337 e. The summed E-state index contributed by atoms with van der Waals surface area (Å²) < 4.78 is 2.65. The number of rotatable bonds is 3. The molecule has 30 heavy (non-hydrogen) atoms. The number of hydrogen-bond acceptors (Lipinski definition) is 4. The summed E-state index contributed by atoms with van der Waals surface area (Å²) in [4.78, 5) is 28.4. The quantitative estimate of drug-likeness (QED) is 0.433. The number of halogens is 2. The van der Waals surface area contributed by atoms with E-state index in [0.717, 1.165) is 15.0 Å². The Kier molecular flexibility index (Phi) is 5.29. The van der Waals surface area contributed by atoms with E-state index in [2.05, 4.69) is 6.07 Å². The van der Waals surface area contributed by atoms with Crippen LogP contribution < -0.4 is 11.2 Å². The van der Waals surface area contributed by atoms with Crippen molar-refractivity contribution in [2.45, 2.75) is 20.4 Å². The molecule has 0 amide bonds. The second-order valence-electron chi connectivity index (χ2n) is 6.84. The maximum atomic E-state index is 13.5. The second kappa shape index (κ2) is 7.77. The minimum atomic E-state index is -0.500. The van der Waals surface area contributed by atoms with Gasteiger partial charge in [-0.2, -0.15) is 5.26 Å². The Balaban J connectivity index is 2.08. The number of aromatic nitrogens is 2. The Morgan fingerprint density at radius 2 is 1.80 bits per heavy atom. The molecule has 0 spiro atoms. The molecule has 0 aliphatic rings. The van der Waals surface area contributed by atoms with E-state index in [1.165, 1.54) is 17.4 Å². The summed E-state index contributed by atoms with van der Waals surface area (Å²) in [5.74, 6) is 0. The molecule has 0 saturated heterocycles. The number of thiophene rings is 1. The van der Waals surface area contributed by atoms with Gasteiger partial charge in [0.15, 0.2) is 0 Å². The van der Waals surface area contributed by atoms with Gasteiger partial charge in [0.25, 0.3) is 5.56 Å². The molecule has 0 N–H and O–H groups in total. The minimum absolute atomic E-state index is 0.167. The molecule has 2 heterocycles. The smallest absolute Gasteiger partial charge is 0.279 e. The summed E-state index contributed by atoms with van der Waals surface area (Å²) in [6, 6.07) is 13.9. The Bertz CT molecular complexity index is 1470. The van der Waals surface area contributed by atoms with Gasteiger partial charge in [0.1, 0.15) is 4.83 Å². The number of benzene rings is 2. The van der Waals surface area contributed by atoms with Crippen LogP contribution in [0.2, 0.25) is 10.0 Å². The van der Waals surface area contributed by atoms with Gasteiger partial charge < -0.3 is 0 Å². The lowest BCUT2D eigenvalue weighted by Gasteiger charge is -2.13. The molecule has 2 aromatic heterocycles. The lowest BCUT2D eigenvalue weighted by atomic mass is 10.1. The van der Waals surface area contributed by atoms with Crippen LogP contribution in [0.4, 0.5) is 0 Å². The topological polar surface area (TPSA) is 67.8 Å². The predicted octanol–water partition coefficient (Wildman–Crippen LogP) is 5.06. The Labute approximate surface area is 186 Å². The van der Waals surface area contributed by atoms with Gasteiger partial charge in [-0.1, -0.05) is 41.4 Å². The molecule has 2 aromatic carbocycles. The summed E-state index contributed by atoms with van der Waals surface area (Å²) in [5, 5.41) is 10.5. The molecule has 5 nitrogen and oxygen atoms in total. The van der Waals surface area contributed by atoms with Gasteiger partial charge in [-0.15, -0.1) is 11.3 Å². The van der Waals surface area contributed by atoms with Crippen molar-refractivity contribution in [1.82, 2.24) is 9.13 Å². The molecule has 8 heteroatoms. The average molecular weight is 456 g/mol. The van der Waals surface area contributed by atoms with Gasteiger partial charge in [0, 0.05) is 4.88 Å². The van der Waals surface area contributed by atoms with E-state index in [1.54, 1.807) is 34.9 Å². The van der Waals surface area contributed by atoms with E-state index < -0.39 is 11.2 Å². The van der Waals surface area contributed by atoms with Crippen LogP contribution in [-0.4, -0.2) is 9.13 Å². The third-order valence-corrected chi connectivity index (χ3v) is 7.05. The zero-order valence-corrected chi connectivity index (χ0v) is 18.4. The van der Waals surface area contributed by atoms with Crippen LogP contribution in [0.25, 0.3) is 15.9 Å². The van der Waals surface area contributed by atoms with Crippen molar-refractivity contribution in [3.05, 3.63) is 94.9 Å². The fourth-order valence-electron chi connectivity index (χ4n) is 3.39. The van der Waals surface area contributed by atoms with E-state index in [4.69, 9.17) is 23.2 Å². The van der Waals surface area contributed by atoms with Gasteiger partial charge in [-0.3, -0.25) is 9.36 Å². The summed E-state index contributed by atoms with van der Waals surface area (Å²) in [5.41, 5.74) is 1.45. The van der Waals surface area contributed by atoms with Crippen LogP contribution in [0.3, 0.4) is 0 Å². The van der Waals surface area contributed by atoms with E-state index in [1.807, 2.05) is 19.9 Å². The minimum Gasteiger partial charge on any atom is -0.279 e. The highest BCUT2D eigenvalue weighted by Crippen LogP contribution is 2.29. The molecular formula is C22H15Cl2N3O2S. The fourth-order valence-corrected chi connectivity index (χ4v) is 4.82. The van der Waals surface area contributed by atoms with E-state index in [9.17, 15) is 14.9 Å². The van der Waals surface area contributed by atoms with Gasteiger partial charge in [-0.05, 0) is 49.2 Å². The third-order valence-electron chi connectivity index (χ3n) is 5.08. The van der Waals surface area contributed by atoms with Crippen LogP contribution in [0.5, 0.6) is 0 Å². The molecule has 0 saturated carbocycles. The first kappa shape index (κ1) is 20.4. The van der Waals surface area contributed by atoms with Crippen LogP contribution in [-0.2, 0) is 6.54 Å². The van der Waals surface area contributed by atoms with Crippen molar-refractivity contribution >= 4 is 44.8 Å². The van der Waals surface area contributed by atoms with Crippen LogP contribution >= 0.6 is 34.5 Å². The van der Waals surface area contributed by atoms with Crippen LogP contribution in [0.1, 0.15) is 21.6 Å². The van der Waals surface area contributed by atoms with E-state index in [0.29, 0.717) is 32.1 Å². The van der Waals surface area contributed by atoms with Crippen molar-refractivity contribution in [3.8, 4) is 11.8 Å². The zero-order valence-electron chi connectivity index (χ0n) is 16.1. The van der Waals surface area contributed by atoms with E-state index in [-0.39, 0.29) is 11.6 Å². The van der Waals surface area contributed by atoms with Crippen molar-refractivity contribution in [2.75, 3.05) is 0 Å². The standard InChI is InChI=1S/C22H15Cl2N3O2S/c1-12-13(2)30-21-19(12)20(28)27(16-7-8-17(23)18(24)9-16)22(29)26(21)11-15-6-4-3-5-14(15)10-25/h3-9H,11H2,1-2H3. The van der Waals surface area contributed by atoms with Gasteiger partial charge in [0.2, 0.25) is 0 Å². The summed E-state index contributed by atoms with van der Waals surface area (Å²) in [7, 11) is 0. The SMILES string of the molecule is Cc1sc2c(c1C)c(=O)n(-c1ccc(Cl)c(Cl)c1)c(=O)n2Cc1ccccc1C#N. The number of nitrogens with zero attached hydrogens (tertiary/aromatic N) is 3. The fraction of sp³-hybridized carbons (Fsp3) is 0.136. The normalized spacial score (nSPS) is 11.0. The molecule has 0 aliphatic carbocycles. The first-order valence-electron chi connectivity index (χ1n) is 9.02. The van der Waals surface area contributed by atoms with Gasteiger partial charge >= 0.3 is 5.69 Å². The first-order chi connectivity index (χ1) is 14.3. The van der Waals surface area contributed by atoms with Crippen molar-refractivity contribution < 1.29 is 0 Å². The Morgan fingerprint density at radius 3 is 2.50 bits per heavy atom. The average Bonchev–Trinajstić information content (AvgIpc) is 3.03.